The van der Waals surface area contributed by atoms with Crippen LogP contribution in [0.5, 0.6) is 0 Å². The van der Waals surface area contributed by atoms with Crippen LogP contribution in [0.2, 0.25) is 0 Å². The van der Waals surface area contributed by atoms with Gasteiger partial charge in [-0.05, 0) is 74.7 Å². The van der Waals surface area contributed by atoms with Crippen molar-refractivity contribution < 1.29 is 0 Å². The maximum Gasteiger partial charge on any atom is 0.200 e. The lowest BCUT2D eigenvalue weighted by atomic mass is 10.2. The minimum absolute atomic E-state index is 0.592. The van der Waals surface area contributed by atoms with Crippen LogP contribution in [0.25, 0.3) is 27.8 Å². The zero-order valence-electron chi connectivity index (χ0n) is 19.5. The third-order valence-electron chi connectivity index (χ3n) is 6.49. The van der Waals surface area contributed by atoms with Gasteiger partial charge in [0, 0.05) is 54.4 Å². The highest BCUT2D eigenvalue weighted by molar-refractivity contribution is 7.99. The van der Waals surface area contributed by atoms with Crippen LogP contribution in [-0.4, -0.2) is 67.5 Å². The molecule has 6 rings (SSSR count). The molecular formula is C25H26N8S. The standard InChI is InChI=1S/C25H26N8S/c1-30(2)19-8-11-32(16-19)20-12-18-13-21(5-6-22(18)26-14-20)34-25-28-27-24-7-4-17(15-33(24)25)23-9-10-31(3)29-23/h4-7,9-10,12-15,19H,8,11,16H2,1-3H3/t19-/m0/s1. The van der Waals surface area contributed by atoms with Gasteiger partial charge in [-0.2, -0.15) is 5.10 Å². The van der Waals surface area contributed by atoms with E-state index in [1.807, 2.05) is 46.7 Å². The van der Waals surface area contributed by atoms with Gasteiger partial charge in [-0.1, -0.05) is 0 Å². The summed E-state index contributed by atoms with van der Waals surface area (Å²) in [6, 6.07) is 15.2. The Kier molecular flexibility index (Phi) is 5.23. The zero-order valence-corrected chi connectivity index (χ0v) is 20.3. The predicted octanol–water partition coefficient (Wildman–Crippen LogP) is 3.97. The molecule has 0 N–H and O–H groups in total. The maximum atomic E-state index is 4.72. The minimum atomic E-state index is 0.592. The highest BCUT2D eigenvalue weighted by Crippen LogP contribution is 2.32. The Labute approximate surface area is 202 Å². The van der Waals surface area contributed by atoms with Crippen molar-refractivity contribution in [2.24, 2.45) is 7.05 Å². The van der Waals surface area contributed by atoms with E-state index in [9.17, 15) is 0 Å². The first-order valence-electron chi connectivity index (χ1n) is 11.4. The third kappa shape index (κ3) is 3.91. The Hall–Kier alpha value is -3.43. The first-order chi connectivity index (χ1) is 16.5. The van der Waals surface area contributed by atoms with E-state index in [1.54, 1.807) is 11.8 Å². The van der Waals surface area contributed by atoms with Crippen molar-refractivity contribution in [2.75, 3.05) is 32.1 Å². The number of fused-ring (bicyclic) bond motifs is 2. The Balaban J connectivity index is 1.29. The molecule has 0 amide bonds. The average Bonchev–Trinajstić information content (AvgIpc) is 3.59. The van der Waals surface area contributed by atoms with Crippen LogP contribution in [0.4, 0.5) is 5.69 Å². The van der Waals surface area contributed by atoms with Crippen molar-refractivity contribution >= 4 is 34.0 Å². The number of nitrogens with zero attached hydrogens (tertiary/aromatic N) is 8. The molecule has 4 aromatic heterocycles. The summed E-state index contributed by atoms with van der Waals surface area (Å²) in [6.45, 7) is 2.10. The molecule has 0 spiro atoms. The normalized spacial score (nSPS) is 16.4. The van der Waals surface area contributed by atoms with Crippen LogP contribution in [0.3, 0.4) is 0 Å². The fourth-order valence-corrected chi connectivity index (χ4v) is 5.36. The molecule has 1 fully saturated rings. The molecule has 1 aliphatic heterocycles. The topological polar surface area (TPSA) is 67.4 Å². The highest BCUT2D eigenvalue weighted by atomic mass is 32.2. The quantitative estimate of drug-likeness (QED) is 0.385. The molecular weight excluding hydrogens is 444 g/mol. The van der Waals surface area contributed by atoms with Gasteiger partial charge < -0.3 is 9.80 Å². The molecule has 8 nitrogen and oxygen atoms in total. The summed E-state index contributed by atoms with van der Waals surface area (Å²) in [4.78, 5) is 10.6. The second kappa shape index (κ2) is 8.41. The second-order valence-corrected chi connectivity index (χ2v) is 10.0. The van der Waals surface area contributed by atoms with Crippen molar-refractivity contribution in [3.05, 3.63) is 61.1 Å². The summed E-state index contributed by atoms with van der Waals surface area (Å²) in [5.74, 6) is 0. The number of pyridine rings is 2. The Morgan fingerprint density at radius 2 is 1.97 bits per heavy atom. The maximum absolute atomic E-state index is 4.72. The summed E-state index contributed by atoms with van der Waals surface area (Å²) in [7, 11) is 6.24. The number of aryl methyl sites for hydroxylation is 1. The van der Waals surface area contributed by atoms with E-state index in [0.717, 1.165) is 50.9 Å². The van der Waals surface area contributed by atoms with Gasteiger partial charge in [0.15, 0.2) is 10.8 Å². The van der Waals surface area contributed by atoms with Gasteiger partial charge in [-0.25, -0.2) is 0 Å². The first kappa shape index (κ1) is 21.1. The third-order valence-corrected chi connectivity index (χ3v) is 7.44. The largest absolute Gasteiger partial charge is 0.369 e. The summed E-state index contributed by atoms with van der Waals surface area (Å²) in [5.41, 5.74) is 4.96. The van der Waals surface area contributed by atoms with Crippen molar-refractivity contribution in [1.29, 1.82) is 0 Å². The number of hydrogen-bond acceptors (Lipinski definition) is 7. The molecule has 1 aliphatic rings. The van der Waals surface area contributed by atoms with Crippen molar-refractivity contribution in [3.8, 4) is 11.3 Å². The second-order valence-electron chi connectivity index (χ2n) is 9.01. The number of aromatic nitrogens is 6. The van der Waals surface area contributed by atoms with Gasteiger partial charge in [0.05, 0.1) is 23.1 Å². The molecule has 1 atom stereocenters. The number of benzene rings is 1. The van der Waals surface area contributed by atoms with Crippen LogP contribution in [0, 0.1) is 0 Å². The van der Waals surface area contributed by atoms with E-state index in [0.29, 0.717) is 6.04 Å². The van der Waals surface area contributed by atoms with Crippen molar-refractivity contribution in [3.63, 3.8) is 0 Å². The highest BCUT2D eigenvalue weighted by Gasteiger charge is 2.24. The Morgan fingerprint density at radius 1 is 1.06 bits per heavy atom. The van der Waals surface area contributed by atoms with Gasteiger partial charge in [-0.3, -0.25) is 14.1 Å². The van der Waals surface area contributed by atoms with Crippen LogP contribution in [0.15, 0.2) is 71.1 Å². The van der Waals surface area contributed by atoms with Gasteiger partial charge in [0.1, 0.15) is 0 Å². The molecule has 5 heterocycles. The summed E-state index contributed by atoms with van der Waals surface area (Å²) in [6.07, 6.45) is 7.18. The number of likely N-dealkylation sites (N-methyl/N-ethyl adjacent to an activating group) is 1. The lowest BCUT2D eigenvalue weighted by molar-refractivity contribution is 0.315. The van der Waals surface area contributed by atoms with Crippen molar-refractivity contribution in [1.82, 2.24) is 34.3 Å². The monoisotopic (exact) mass is 470 g/mol. The molecule has 5 aromatic rings. The van der Waals surface area contributed by atoms with Gasteiger partial charge >= 0.3 is 0 Å². The molecule has 0 bridgehead atoms. The number of hydrogen-bond donors (Lipinski definition) is 0. The summed E-state index contributed by atoms with van der Waals surface area (Å²) < 4.78 is 3.83. The van der Waals surface area contributed by atoms with Gasteiger partial charge in [0.25, 0.3) is 0 Å². The SMILES string of the molecule is CN(C)[C@H]1CCN(c2cnc3ccc(Sc4nnc5ccc(-c6ccn(C)n6)cn45)cc3c2)C1. The molecule has 1 aromatic carbocycles. The summed E-state index contributed by atoms with van der Waals surface area (Å²) >= 11 is 1.61. The Bertz CT molecular complexity index is 1490. The summed E-state index contributed by atoms with van der Waals surface area (Å²) in [5, 5.41) is 15.3. The predicted molar refractivity (Wildman–Crippen MR) is 135 cm³/mol. The van der Waals surface area contributed by atoms with Gasteiger partial charge in [-0.15, -0.1) is 10.2 Å². The van der Waals surface area contributed by atoms with Crippen molar-refractivity contribution in [2.45, 2.75) is 22.5 Å². The van der Waals surface area contributed by atoms with E-state index in [4.69, 9.17) is 4.98 Å². The fourth-order valence-electron chi connectivity index (χ4n) is 4.50. The first-order valence-corrected chi connectivity index (χ1v) is 12.2. The molecule has 34 heavy (non-hydrogen) atoms. The molecule has 9 heteroatoms. The van der Waals surface area contributed by atoms with E-state index in [1.165, 1.54) is 12.1 Å². The fraction of sp³-hybridized carbons (Fsp3) is 0.280. The number of anilines is 1. The smallest absolute Gasteiger partial charge is 0.200 e. The molecule has 1 saturated heterocycles. The number of rotatable bonds is 5. The minimum Gasteiger partial charge on any atom is -0.369 e. The van der Waals surface area contributed by atoms with Crippen LogP contribution in [0.1, 0.15) is 6.42 Å². The van der Waals surface area contributed by atoms with E-state index in [-0.39, 0.29) is 0 Å². The lowest BCUT2D eigenvalue weighted by Gasteiger charge is -2.21. The van der Waals surface area contributed by atoms with Crippen LogP contribution < -0.4 is 4.90 Å². The Morgan fingerprint density at radius 3 is 2.76 bits per heavy atom. The average molecular weight is 471 g/mol. The van der Waals surface area contributed by atoms with E-state index in [2.05, 4.69) is 69.7 Å². The molecule has 0 aliphatic carbocycles. The zero-order chi connectivity index (χ0) is 23.2. The molecule has 172 valence electrons. The van der Waals surface area contributed by atoms with Gasteiger partial charge in [0.2, 0.25) is 0 Å². The molecule has 0 saturated carbocycles. The molecule has 0 radical (unpaired) electrons. The van der Waals surface area contributed by atoms with E-state index >= 15 is 0 Å². The lowest BCUT2D eigenvalue weighted by Crippen LogP contribution is -2.31. The van der Waals surface area contributed by atoms with Crippen LogP contribution in [-0.2, 0) is 7.05 Å². The molecule has 0 unspecified atom stereocenters. The van der Waals surface area contributed by atoms with E-state index < -0.39 is 0 Å². The van der Waals surface area contributed by atoms with Crippen LogP contribution >= 0.6 is 11.8 Å².